The van der Waals surface area contributed by atoms with Crippen LogP contribution in [-0.4, -0.2) is 53.7 Å². The SMILES string of the molecule is CN1C(=O)C(C(=O)NC2CCCCC2)C(=O)N(C)C1=O. The first-order valence-electron chi connectivity index (χ1n) is 6.83. The molecule has 110 valence electrons. The molecule has 7 heteroatoms. The van der Waals surface area contributed by atoms with Gasteiger partial charge in [-0.15, -0.1) is 0 Å². The molecule has 1 N–H and O–H groups in total. The molecule has 0 aromatic rings. The molecule has 1 aliphatic carbocycles. The van der Waals surface area contributed by atoms with Crippen molar-refractivity contribution >= 4 is 23.8 Å². The summed E-state index contributed by atoms with van der Waals surface area (Å²) >= 11 is 0. The van der Waals surface area contributed by atoms with Crippen LogP contribution in [0.4, 0.5) is 4.79 Å². The zero-order valence-corrected chi connectivity index (χ0v) is 11.7. The summed E-state index contributed by atoms with van der Waals surface area (Å²) in [7, 11) is 2.54. The first kappa shape index (κ1) is 14.5. The monoisotopic (exact) mass is 281 g/mol. The Labute approximate surface area is 117 Å². The molecule has 0 unspecified atom stereocenters. The summed E-state index contributed by atoms with van der Waals surface area (Å²) in [5.41, 5.74) is 0. The number of barbiturate groups is 1. The maximum absolute atomic E-state index is 12.2. The van der Waals surface area contributed by atoms with Crippen LogP contribution in [0.3, 0.4) is 0 Å². The second-order valence-corrected chi connectivity index (χ2v) is 5.35. The number of imide groups is 2. The summed E-state index contributed by atoms with van der Waals surface area (Å²) in [5.74, 6) is -3.56. The average molecular weight is 281 g/mol. The Balaban J connectivity index is 2.09. The van der Waals surface area contributed by atoms with Gasteiger partial charge in [0.25, 0.3) is 11.8 Å². The lowest BCUT2D eigenvalue weighted by atomic mass is 9.94. The molecule has 20 heavy (non-hydrogen) atoms. The summed E-state index contributed by atoms with van der Waals surface area (Å²) in [6.07, 6.45) is 4.95. The number of carbonyl (C=O) groups is 4. The van der Waals surface area contributed by atoms with Gasteiger partial charge in [0.1, 0.15) is 0 Å². The third-order valence-corrected chi connectivity index (χ3v) is 3.94. The van der Waals surface area contributed by atoms with E-state index in [1.54, 1.807) is 0 Å². The molecule has 1 saturated carbocycles. The van der Waals surface area contributed by atoms with E-state index < -0.39 is 29.7 Å². The van der Waals surface area contributed by atoms with Gasteiger partial charge in [0, 0.05) is 20.1 Å². The molecule has 2 rings (SSSR count). The van der Waals surface area contributed by atoms with Crippen molar-refractivity contribution in [2.45, 2.75) is 38.1 Å². The van der Waals surface area contributed by atoms with Gasteiger partial charge in [0.15, 0.2) is 5.92 Å². The van der Waals surface area contributed by atoms with E-state index in [4.69, 9.17) is 0 Å². The summed E-state index contributed by atoms with van der Waals surface area (Å²) in [6.45, 7) is 0. The maximum atomic E-state index is 12.2. The van der Waals surface area contributed by atoms with Gasteiger partial charge in [0.2, 0.25) is 5.91 Å². The summed E-state index contributed by atoms with van der Waals surface area (Å²) in [6, 6.07) is -0.688. The van der Waals surface area contributed by atoms with Crippen LogP contribution in [0.15, 0.2) is 0 Å². The highest BCUT2D eigenvalue weighted by atomic mass is 16.2. The number of nitrogens with zero attached hydrogens (tertiary/aromatic N) is 2. The van der Waals surface area contributed by atoms with Gasteiger partial charge in [-0.3, -0.25) is 24.2 Å². The highest BCUT2D eigenvalue weighted by molar-refractivity contribution is 6.25. The average Bonchev–Trinajstić information content (AvgIpc) is 2.44. The molecular formula is C13H19N3O4. The minimum absolute atomic E-state index is 0.0186. The Morgan fingerprint density at radius 1 is 1.00 bits per heavy atom. The van der Waals surface area contributed by atoms with E-state index in [2.05, 4.69) is 5.32 Å². The van der Waals surface area contributed by atoms with Crippen molar-refractivity contribution in [2.24, 2.45) is 5.92 Å². The van der Waals surface area contributed by atoms with Crippen molar-refractivity contribution in [2.75, 3.05) is 14.1 Å². The lowest BCUT2D eigenvalue weighted by Gasteiger charge is -2.33. The van der Waals surface area contributed by atoms with Crippen molar-refractivity contribution < 1.29 is 19.2 Å². The predicted octanol–water partition coefficient (Wildman–Crippen LogP) is 0.102. The van der Waals surface area contributed by atoms with E-state index in [1.807, 2.05) is 0 Å². The standard InChI is InChI=1S/C13H19N3O4/c1-15-11(18)9(12(19)16(2)13(15)20)10(17)14-8-6-4-3-5-7-8/h8-9H,3-7H2,1-2H3,(H,14,17). The topological polar surface area (TPSA) is 86.8 Å². The Morgan fingerprint density at radius 3 is 2.00 bits per heavy atom. The smallest absolute Gasteiger partial charge is 0.332 e. The van der Waals surface area contributed by atoms with Crippen LogP contribution >= 0.6 is 0 Å². The van der Waals surface area contributed by atoms with Gasteiger partial charge in [0.05, 0.1) is 0 Å². The van der Waals surface area contributed by atoms with Crippen molar-refractivity contribution in [1.29, 1.82) is 0 Å². The lowest BCUT2D eigenvalue weighted by Crippen LogP contribution is -2.61. The van der Waals surface area contributed by atoms with E-state index in [-0.39, 0.29) is 6.04 Å². The minimum Gasteiger partial charge on any atom is -0.352 e. The van der Waals surface area contributed by atoms with Crippen molar-refractivity contribution in [3.8, 4) is 0 Å². The zero-order valence-electron chi connectivity index (χ0n) is 11.7. The van der Waals surface area contributed by atoms with Crippen LogP contribution in [0.25, 0.3) is 0 Å². The summed E-state index contributed by atoms with van der Waals surface area (Å²) < 4.78 is 0. The molecule has 0 atom stereocenters. The highest BCUT2D eigenvalue weighted by Crippen LogP contribution is 2.20. The molecule has 0 aromatic carbocycles. The summed E-state index contributed by atoms with van der Waals surface area (Å²) in [5, 5.41) is 2.76. The molecular weight excluding hydrogens is 262 g/mol. The number of hydrogen-bond acceptors (Lipinski definition) is 4. The molecule has 0 radical (unpaired) electrons. The predicted molar refractivity (Wildman–Crippen MR) is 69.4 cm³/mol. The molecule has 0 bridgehead atoms. The van der Waals surface area contributed by atoms with Crippen LogP contribution in [0.5, 0.6) is 0 Å². The number of hydrogen-bond donors (Lipinski definition) is 1. The fourth-order valence-electron chi connectivity index (χ4n) is 2.66. The second kappa shape index (κ2) is 5.60. The van der Waals surface area contributed by atoms with Gasteiger partial charge < -0.3 is 5.32 Å². The van der Waals surface area contributed by atoms with Gasteiger partial charge in [-0.05, 0) is 12.8 Å². The normalized spacial score (nSPS) is 22.4. The van der Waals surface area contributed by atoms with Gasteiger partial charge in [-0.1, -0.05) is 19.3 Å². The number of amides is 5. The van der Waals surface area contributed by atoms with Crippen LogP contribution < -0.4 is 5.32 Å². The van der Waals surface area contributed by atoms with Gasteiger partial charge in [-0.25, -0.2) is 4.79 Å². The zero-order chi connectivity index (χ0) is 14.9. The third kappa shape index (κ3) is 2.52. The first-order valence-corrected chi connectivity index (χ1v) is 6.83. The Morgan fingerprint density at radius 2 is 1.50 bits per heavy atom. The number of urea groups is 1. The fraction of sp³-hybridized carbons (Fsp3) is 0.692. The molecule has 5 amide bonds. The van der Waals surface area contributed by atoms with E-state index in [0.717, 1.165) is 41.9 Å². The lowest BCUT2D eigenvalue weighted by molar-refractivity contribution is -0.152. The first-order chi connectivity index (χ1) is 9.43. The fourth-order valence-corrected chi connectivity index (χ4v) is 2.66. The Hall–Kier alpha value is -1.92. The maximum Gasteiger partial charge on any atom is 0.332 e. The highest BCUT2D eigenvalue weighted by Gasteiger charge is 2.46. The van der Waals surface area contributed by atoms with E-state index in [0.29, 0.717) is 0 Å². The molecule has 7 nitrogen and oxygen atoms in total. The second-order valence-electron chi connectivity index (χ2n) is 5.35. The van der Waals surface area contributed by atoms with Crippen molar-refractivity contribution in [1.82, 2.24) is 15.1 Å². The molecule has 1 aliphatic heterocycles. The molecule has 1 saturated heterocycles. The van der Waals surface area contributed by atoms with Gasteiger partial charge in [-0.2, -0.15) is 0 Å². The van der Waals surface area contributed by atoms with E-state index in [9.17, 15) is 19.2 Å². The summed E-state index contributed by atoms with van der Waals surface area (Å²) in [4.78, 5) is 49.3. The molecule has 0 aromatic heterocycles. The van der Waals surface area contributed by atoms with E-state index in [1.165, 1.54) is 14.1 Å². The third-order valence-electron chi connectivity index (χ3n) is 3.94. The molecule has 1 heterocycles. The number of rotatable bonds is 2. The molecule has 2 aliphatic rings. The number of carbonyl (C=O) groups excluding carboxylic acids is 4. The van der Waals surface area contributed by atoms with Gasteiger partial charge >= 0.3 is 6.03 Å². The van der Waals surface area contributed by atoms with Crippen LogP contribution in [0.1, 0.15) is 32.1 Å². The van der Waals surface area contributed by atoms with Crippen LogP contribution in [-0.2, 0) is 14.4 Å². The number of nitrogens with one attached hydrogen (secondary N) is 1. The molecule has 0 spiro atoms. The quantitative estimate of drug-likeness (QED) is 0.727. The largest absolute Gasteiger partial charge is 0.352 e. The molecule has 2 fully saturated rings. The Kier molecular flexibility index (Phi) is 4.06. The van der Waals surface area contributed by atoms with Crippen LogP contribution in [0.2, 0.25) is 0 Å². The van der Waals surface area contributed by atoms with Crippen molar-refractivity contribution in [3.05, 3.63) is 0 Å². The van der Waals surface area contributed by atoms with E-state index >= 15 is 0 Å². The Bertz CT molecular complexity index is 433. The van der Waals surface area contributed by atoms with Crippen molar-refractivity contribution in [3.63, 3.8) is 0 Å². The minimum atomic E-state index is -1.44. The van der Waals surface area contributed by atoms with Crippen LogP contribution in [0, 0.1) is 5.92 Å².